The van der Waals surface area contributed by atoms with E-state index >= 15 is 0 Å². The molecule has 0 radical (unpaired) electrons. The Morgan fingerprint density at radius 2 is 1.97 bits per heavy atom. The number of pyridine rings is 2. The van der Waals surface area contributed by atoms with E-state index in [2.05, 4.69) is 16.9 Å². The standard InChI is InChI=1S/C22H27F2N3O2/c1-12-2-3-14(13-4-7-22(23,24)8-5-13)15(10-12)17-11-18(28)19-16(27-17)6-9-26-20(19)21(25)29/h6,9,11-15H,2-5,7-8,10H2,1H3,(H2,25,29)(H,27,28). The second-order valence-corrected chi connectivity index (χ2v) is 8.92. The summed E-state index contributed by atoms with van der Waals surface area (Å²) in [5.74, 6) is -2.10. The number of aromatic amines is 1. The van der Waals surface area contributed by atoms with Gasteiger partial charge in [-0.2, -0.15) is 0 Å². The molecule has 0 saturated heterocycles. The summed E-state index contributed by atoms with van der Waals surface area (Å²) in [7, 11) is 0. The maximum atomic E-state index is 13.7. The summed E-state index contributed by atoms with van der Waals surface area (Å²) >= 11 is 0. The molecule has 2 heterocycles. The van der Waals surface area contributed by atoms with E-state index < -0.39 is 11.8 Å². The number of alkyl halides is 2. The first kappa shape index (κ1) is 20.0. The van der Waals surface area contributed by atoms with Gasteiger partial charge in [0.1, 0.15) is 5.69 Å². The molecule has 2 saturated carbocycles. The number of fused-ring (bicyclic) bond motifs is 1. The lowest BCUT2D eigenvalue weighted by Crippen LogP contribution is -2.34. The Morgan fingerprint density at radius 1 is 1.24 bits per heavy atom. The Morgan fingerprint density at radius 3 is 2.66 bits per heavy atom. The Kier molecular flexibility index (Phi) is 5.17. The van der Waals surface area contributed by atoms with E-state index in [1.165, 1.54) is 6.20 Å². The summed E-state index contributed by atoms with van der Waals surface area (Å²) in [6.07, 6.45) is 5.45. The molecule has 156 valence electrons. The third kappa shape index (κ3) is 3.91. The van der Waals surface area contributed by atoms with Crippen molar-refractivity contribution < 1.29 is 13.6 Å². The van der Waals surface area contributed by atoms with E-state index in [0.29, 0.717) is 24.3 Å². The summed E-state index contributed by atoms with van der Waals surface area (Å²) in [6, 6.07) is 3.23. The number of amides is 1. The van der Waals surface area contributed by atoms with Gasteiger partial charge in [0.2, 0.25) is 5.92 Å². The molecule has 0 spiro atoms. The molecule has 7 heteroatoms. The highest BCUT2D eigenvalue weighted by molar-refractivity contribution is 6.03. The van der Waals surface area contributed by atoms with Crippen LogP contribution in [0.3, 0.4) is 0 Å². The monoisotopic (exact) mass is 403 g/mol. The average Bonchev–Trinajstić information content (AvgIpc) is 2.67. The molecule has 3 atom stereocenters. The van der Waals surface area contributed by atoms with Crippen molar-refractivity contribution in [2.45, 2.75) is 63.7 Å². The van der Waals surface area contributed by atoms with Crippen molar-refractivity contribution in [2.24, 2.45) is 23.5 Å². The predicted molar refractivity (Wildman–Crippen MR) is 107 cm³/mol. The lowest BCUT2D eigenvalue weighted by atomic mass is 9.64. The summed E-state index contributed by atoms with van der Waals surface area (Å²) in [4.78, 5) is 31.8. The zero-order chi connectivity index (χ0) is 20.8. The number of primary amides is 1. The van der Waals surface area contributed by atoms with Crippen LogP contribution in [0.2, 0.25) is 0 Å². The first-order valence-corrected chi connectivity index (χ1v) is 10.4. The summed E-state index contributed by atoms with van der Waals surface area (Å²) in [6.45, 7) is 2.20. The Bertz CT molecular complexity index is 978. The molecular weight excluding hydrogens is 376 g/mol. The molecule has 3 unspecified atom stereocenters. The largest absolute Gasteiger partial charge is 0.364 e. The first-order valence-electron chi connectivity index (χ1n) is 10.4. The van der Waals surface area contributed by atoms with Gasteiger partial charge in [0.05, 0.1) is 10.9 Å². The smallest absolute Gasteiger partial charge is 0.268 e. The number of halogens is 2. The zero-order valence-electron chi connectivity index (χ0n) is 16.6. The topological polar surface area (TPSA) is 88.8 Å². The molecule has 3 N–H and O–H groups in total. The fourth-order valence-electron chi connectivity index (χ4n) is 5.42. The van der Waals surface area contributed by atoms with Gasteiger partial charge in [-0.3, -0.25) is 14.6 Å². The van der Waals surface area contributed by atoms with E-state index in [1.807, 2.05) is 0 Å². The molecule has 1 amide bonds. The average molecular weight is 403 g/mol. The molecule has 5 nitrogen and oxygen atoms in total. The van der Waals surface area contributed by atoms with Crippen molar-refractivity contribution >= 4 is 16.8 Å². The Balaban J connectivity index is 1.71. The van der Waals surface area contributed by atoms with Gasteiger partial charge in [0.25, 0.3) is 5.91 Å². The zero-order valence-corrected chi connectivity index (χ0v) is 16.6. The van der Waals surface area contributed by atoms with E-state index in [1.54, 1.807) is 12.1 Å². The molecule has 2 aromatic heterocycles. The maximum absolute atomic E-state index is 13.7. The molecule has 2 aliphatic rings. The van der Waals surface area contributed by atoms with E-state index in [0.717, 1.165) is 25.0 Å². The maximum Gasteiger partial charge on any atom is 0.268 e. The van der Waals surface area contributed by atoms with Gasteiger partial charge in [-0.1, -0.05) is 13.3 Å². The number of nitrogens with one attached hydrogen (secondary N) is 1. The van der Waals surface area contributed by atoms with Gasteiger partial charge in [-0.05, 0) is 49.5 Å². The Hall–Kier alpha value is -2.31. The minimum absolute atomic E-state index is 0.0293. The van der Waals surface area contributed by atoms with Crippen LogP contribution in [-0.4, -0.2) is 21.8 Å². The number of hydrogen-bond acceptors (Lipinski definition) is 3. The molecule has 2 fully saturated rings. The highest BCUT2D eigenvalue weighted by Crippen LogP contribution is 2.49. The number of aromatic nitrogens is 2. The summed E-state index contributed by atoms with van der Waals surface area (Å²) in [5.41, 5.74) is 6.45. The molecule has 29 heavy (non-hydrogen) atoms. The third-order valence-electron chi connectivity index (χ3n) is 6.93. The normalized spacial score (nSPS) is 27.8. The number of hydrogen-bond donors (Lipinski definition) is 2. The number of nitrogens with two attached hydrogens (primary N) is 1. The van der Waals surface area contributed by atoms with Gasteiger partial charge in [0, 0.05) is 36.7 Å². The second kappa shape index (κ2) is 7.50. The predicted octanol–water partition coefficient (Wildman–Crippen LogP) is 4.37. The molecular formula is C22H27F2N3O2. The number of H-pyrrole nitrogens is 1. The van der Waals surface area contributed by atoms with Gasteiger partial charge >= 0.3 is 0 Å². The highest BCUT2D eigenvalue weighted by atomic mass is 19.3. The fraction of sp³-hybridized carbons (Fsp3) is 0.591. The molecule has 0 aliphatic heterocycles. The van der Waals surface area contributed by atoms with E-state index in [4.69, 9.17) is 5.73 Å². The van der Waals surface area contributed by atoms with Crippen LogP contribution in [0.15, 0.2) is 23.1 Å². The van der Waals surface area contributed by atoms with Gasteiger partial charge < -0.3 is 10.7 Å². The molecule has 0 bridgehead atoms. The third-order valence-corrected chi connectivity index (χ3v) is 6.93. The molecule has 0 aromatic carbocycles. The van der Waals surface area contributed by atoms with Crippen LogP contribution < -0.4 is 11.2 Å². The van der Waals surface area contributed by atoms with Crippen LogP contribution in [0, 0.1) is 17.8 Å². The molecule has 4 rings (SSSR count). The molecule has 2 aromatic rings. The quantitative estimate of drug-likeness (QED) is 0.798. The van der Waals surface area contributed by atoms with E-state index in [9.17, 15) is 18.4 Å². The van der Waals surface area contributed by atoms with Crippen LogP contribution in [0.25, 0.3) is 10.9 Å². The van der Waals surface area contributed by atoms with Crippen LogP contribution >= 0.6 is 0 Å². The number of carbonyl (C=O) groups excluding carboxylic acids is 1. The minimum atomic E-state index is -2.54. The van der Waals surface area contributed by atoms with Gasteiger partial charge in [0.15, 0.2) is 5.43 Å². The Labute approximate surface area is 168 Å². The second-order valence-electron chi connectivity index (χ2n) is 8.92. The minimum Gasteiger partial charge on any atom is -0.364 e. The van der Waals surface area contributed by atoms with Crippen molar-refractivity contribution in [3.63, 3.8) is 0 Å². The van der Waals surface area contributed by atoms with Crippen LogP contribution in [0.1, 0.15) is 74.0 Å². The van der Waals surface area contributed by atoms with Crippen molar-refractivity contribution in [3.8, 4) is 0 Å². The van der Waals surface area contributed by atoms with Crippen molar-refractivity contribution in [1.29, 1.82) is 0 Å². The summed E-state index contributed by atoms with van der Waals surface area (Å²) < 4.78 is 27.3. The lowest BCUT2D eigenvalue weighted by Gasteiger charge is -2.42. The van der Waals surface area contributed by atoms with Crippen molar-refractivity contribution in [3.05, 3.63) is 39.9 Å². The van der Waals surface area contributed by atoms with Gasteiger partial charge in [-0.25, -0.2) is 8.78 Å². The number of carbonyl (C=O) groups is 1. The summed E-state index contributed by atoms with van der Waals surface area (Å²) in [5, 5.41) is 0.210. The van der Waals surface area contributed by atoms with Crippen LogP contribution in [-0.2, 0) is 0 Å². The SMILES string of the molecule is CC1CCC(C2CCC(F)(F)CC2)C(c2cc(=O)c3c(C(N)=O)nccc3[nH]2)C1. The first-order chi connectivity index (χ1) is 13.7. The lowest BCUT2D eigenvalue weighted by molar-refractivity contribution is -0.0566. The number of nitrogens with zero attached hydrogens (tertiary/aromatic N) is 1. The highest BCUT2D eigenvalue weighted by Gasteiger charge is 2.42. The van der Waals surface area contributed by atoms with Crippen LogP contribution in [0.4, 0.5) is 8.78 Å². The fourth-order valence-corrected chi connectivity index (χ4v) is 5.42. The van der Waals surface area contributed by atoms with Crippen molar-refractivity contribution in [1.82, 2.24) is 9.97 Å². The molecule has 2 aliphatic carbocycles. The van der Waals surface area contributed by atoms with Crippen molar-refractivity contribution in [2.75, 3.05) is 0 Å². The van der Waals surface area contributed by atoms with E-state index in [-0.39, 0.29) is 47.1 Å². The van der Waals surface area contributed by atoms with Gasteiger partial charge in [-0.15, -0.1) is 0 Å². The number of rotatable bonds is 3. The van der Waals surface area contributed by atoms with Crippen LogP contribution in [0.5, 0.6) is 0 Å².